The monoisotopic (exact) mass is 677 g/mol. The SMILES string of the molecule is CCCCN(C)C(=S)COCCCCCOc1ccc([C@H]2C[C@]3(C)[C@@H](OC(C)=O)CC[C@H]3[C@@H]3CCc4cc(OC(C)=O)ccc4[C@H]32)cc1. The van der Waals surface area contributed by atoms with Gasteiger partial charge in [-0.05, 0) is 122 Å². The Kier molecular flexibility index (Phi) is 12.6. The number of aryl methyl sites for hydroxylation is 1. The summed E-state index contributed by atoms with van der Waals surface area (Å²) in [5, 5.41) is 0. The first-order valence-electron chi connectivity index (χ1n) is 18.1. The summed E-state index contributed by atoms with van der Waals surface area (Å²) < 4.78 is 23.4. The normalized spacial score (nSPS) is 25.7. The van der Waals surface area contributed by atoms with E-state index < -0.39 is 0 Å². The van der Waals surface area contributed by atoms with Gasteiger partial charge in [-0.1, -0.05) is 50.7 Å². The van der Waals surface area contributed by atoms with Crippen molar-refractivity contribution in [2.75, 3.05) is 33.4 Å². The smallest absolute Gasteiger partial charge is 0.308 e. The van der Waals surface area contributed by atoms with Gasteiger partial charge in [-0.15, -0.1) is 0 Å². The van der Waals surface area contributed by atoms with Gasteiger partial charge in [0.1, 0.15) is 22.6 Å². The molecule has 0 radical (unpaired) electrons. The molecule has 262 valence electrons. The zero-order valence-corrected chi connectivity index (χ0v) is 30.4. The van der Waals surface area contributed by atoms with Crippen molar-refractivity contribution < 1.29 is 28.5 Å². The summed E-state index contributed by atoms with van der Waals surface area (Å²) in [6, 6.07) is 14.9. The second-order valence-electron chi connectivity index (χ2n) is 14.5. The third-order valence-electron chi connectivity index (χ3n) is 11.2. The number of hydrogen-bond acceptors (Lipinski definition) is 7. The predicted molar refractivity (Wildman–Crippen MR) is 193 cm³/mol. The van der Waals surface area contributed by atoms with Crippen LogP contribution >= 0.6 is 12.2 Å². The van der Waals surface area contributed by atoms with Crippen LogP contribution in [-0.4, -0.2) is 61.3 Å². The fourth-order valence-electron chi connectivity index (χ4n) is 8.86. The number of likely N-dealkylation sites (N-methyl/N-ethyl adjacent to an activating group) is 1. The Bertz CT molecular complexity index is 1410. The van der Waals surface area contributed by atoms with Gasteiger partial charge in [-0.25, -0.2) is 0 Å². The lowest BCUT2D eigenvalue weighted by Gasteiger charge is -2.54. The summed E-state index contributed by atoms with van der Waals surface area (Å²) in [7, 11) is 2.04. The first-order chi connectivity index (χ1) is 23.1. The summed E-state index contributed by atoms with van der Waals surface area (Å²) in [6.45, 7) is 10.4. The van der Waals surface area contributed by atoms with Gasteiger partial charge in [0.2, 0.25) is 0 Å². The molecular formula is C40H55NO6S. The number of rotatable bonds is 15. The first kappa shape index (κ1) is 36.3. The highest BCUT2D eigenvalue weighted by Gasteiger charge is 2.59. The molecule has 0 amide bonds. The number of unbranched alkanes of at least 4 members (excludes halogenated alkanes) is 3. The van der Waals surface area contributed by atoms with E-state index in [0.29, 0.717) is 43.3 Å². The van der Waals surface area contributed by atoms with Crippen molar-refractivity contribution in [1.82, 2.24) is 4.90 Å². The Labute approximate surface area is 293 Å². The minimum atomic E-state index is -0.296. The van der Waals surface area contributed by atoms with E-state index in [4.69, 9.17) is 31.2 Å². The van der Waals surface area contributed by atoms with Crippen molar-refractivity contribution in [3.63, 3.8) is 0 Å². The zero-order chi connectivity index (χ0) is 34.3. The number of nitrogens with zero attached hydrogens (tertiary/aromatic N) is 1. The van der Waals surface area contributed by atoms with Gasteiger partial charge in [0.15, 0.2) is 0 Å². The van der Waals surface area contributed by atoms with Crippen LogP contribution in [0, 0.1) is 17.3 Å². The summed E-state index contributed by atoms with van der Waals surface area (Å²) in [4.78, 5) is 26.8. The predicted octanol–water partition coefficient (Wildman–Crippen LogP) is 8.42. The number of esters is 2. The zero-order valence-electron chi connectivity index (χ0n) is 29.6. The molecule has 0 aliphatic heterocycles. The Morgan fingerprint density at radius 3 is 2.42 bits per heavy atom. The minimum absolute atomic E-state index is 0.0482. The maximum absolute atomic E-state index is 12.1. The lowest BCUT2D eigenvalue weighted by atomic mass is 9.51. The lowest BCUT2D eigenvalue weighted by molar-refractivity contribution is -0.155. The highest BCUT2D eigenvalue weighted by Crippen LogP contribution is 2.65. The largest absolute Gasteiger partial charge is 0.494 e. The molecule has 0 bridgehead atoms. The molecule has 0 N–H and O–H groups in total. The van der Waals surface area contributed by atoms with Crippen LogP contribution < -0.4 is 9.47 Å². The summed E-state index contributed by atoms with van der Waals surface area (Å²) >= 11 is 5.47. The van der Waals surface area contributed by atoms with Crippen LogP contribution in [0.1, 0.15) is 114 Å². The number of hydrogen-bond donors (Lipinski definition) is 0. The second kappa shape index (κ2) is 16.6. The minimum Gasteiger partial charge on any atom is -0.494 e. The van der Waals surface area contributed by atoms with Crippen molar-refractivity contribution in [3.8, 4) is 11.5 Å². The molecular weight excluding hydrogens is 623 g/mol. The number of benzene rings is 2. The Morgan fingerprint density at radius 1 is 0.938 bits per heavy atom. The number of ether oxygens (including phenoxy) is 4. The molecule has 0 aromatic heterocycles. The second-order valence-corrected chi connectivity index (χ2v) is 15.0. The van der Waals surface area contributed by atoms with E-state index in [9.17, 15) is 9.59 Å². The van der Waals surface area contributed by atoms with E-state index in [1.807, 2.05) is 13.1 Å². The average molecular weight is 678 g/mol. The molecule has 2 saturated carbocycles. The fraction of sp³-hybridized carbons (Fsp3) is 0.625. The van der Waals surface area contributed by atoms with Gasteiger partial charge >= 0.3 is 11.9 Å². The van der Waals surface area contributed by atoms with Crippen molar-refractivity contribution in [1.29, 1.82) is 0 Å². The molecule has 3 aliphatic rings. The number of carbonyl (C=O) groups excluding carboxylic acids is 2. The molecule has 8 heteroatoms. The van der Waals surface area contributed by atoms with Crippen LogP contribution in [0.5, 0.6) is 11.5 Å². The maximum Gasteiger partial charge on any atom is 0.308 e. The van der Waals surface area contributed by atoms with Crippen LogP contribution in [-0.2, 0) is 25.5 Å². The first-order valence-corrected chi connectivity index (χ1v) is 18.5. The highest BCUT2D eigenvalue weighted by atomic mass is 32.1. The quantitative estimate of drug-likeness (QED) is 0.0805. The number of fused-ring (bicyclic) bond motifs is 5. The number of thiocarbonyl (C=S) groups is 1. The van der Waals surface area contributed by atoms with Crippen molar-refractivity contribution >= 4 is 29.1 Å². The summed E-state index contributed by atoms with van der Waals surface area (Å²) in [5.74, 6) is 2.66. The third-order valence-corrected chi connectivity index (χ3v) is 11.6. The Balaban J connectivity index is 1.21. The third kappa shape index (κ3) is 8.60. The van der Waals surface area contributed by atoms with E-state index >= 15 is 0 Å². The Morgan fingerprint density at radius 2 is 1.69 bits per heavy atom. The lowest BCUT2D eigenvalue weighted by Crippen LogP contribution is -2.48. The van der Waals surface area contributed by atoms with Gasteiger partial charge < -0.3 is 23.8 Å². The molecule has 2 fully saturated rings. The van der Waals surface area contributed by atoms with Crippen molar-refractivity contribution in [3.05, 3.63) is 59.2 Å². The van der Waals surface area contributed by atoms with Gasteiger partial charge in [-0.2, -0.15) is 0 Å². The van der Waals surface area contributed by atoms with Crippen LogP contribution in [0.3, 0.4) is 0 Å². The van der Waals surface area contributed by atoms with Gasteiger partial charge in [0.25, 0.3) is 0 Å². The van der Waals surface area contributed by atoms with E-state index in [2.05, 4.69) is 55.1 Å². The van der Waals surface area contributed by atoms with Gasteiger partial charge in [0.05, 0.1) is 13.2 Å². The highest BCUT2D eigenvalue weighted by molar-refractivity contribution is 7.80. The molecule has 0 spiro atoms. The van der Waals surface area contributed by atoms with Crippen LogP contribution in [0.2, 0.25) is 0 Å². The fourth-order valence-corrected chi connectivity index (χ4v) is 9.04. The molecule has 0 unspecified atom stereocenters. The van der Waals surface area contributed by atoms with Gasteiger partial charge in [-0.3, -0.25) is 9.59 Å². The van der Waals surface area contributed by atoms with E-state index in [1.54, 1.807) is 0 Å². The standard InChI is InChI=1S/C40H55NO6S/c1-6-7-21-41(5)38(48)26-44-22-9-8-10-23-45-31-14-11-29(12-15-31)35-25-40(4)36(19-20-37(40)47-28(3)43)34-17-13-30-24-32(46-27(2)42)16-18-33(30)39(34)35/h11-12,14-16,18,24,34-37,39H,6-10,13,17,19-23,25-26H2,1-5H3/t34-,35+,36-,37-,39+,40-/m0/s1. The van der Waals surface area contributed by atoms with E-state index in [-0.39, 0.29) is 29.4 Å². The maximum atomic E-state index is 12.1. The number of carbonyl (C=O) groups is 2. The van der Waals surface area contributed by atoms with E-state index in [1.165, 1.54) is 30.5 Å². The van der Waals surface area contributed by atoms with Gasteiger partial charge in [0, 0.05) is 39.5 Å². The van der Waals surface area contributed by atoms with Crippen LogP contribution in [0.15, 0.2) is 42.5 Å². The molecule has 7 nitrogen and oxygen atoms in total. The molecule has 3 aliphatic carbocycles. The molecule has 5 rings (SSSR count). The van der Waals surface area contributed by atoms with Crippen molar-refractivity contribution in [2.24, 2.45) is 17.3 Å². The molecule has 0 saturated heterocycles. The summed E-state index contributed by atoms with van der Waals surface area (Å²) in [6.07, 6.45) is 10.3. The van der Waals surface area contributed by atoms with Crippen LogP contribution in [0.25, 0.3) is 0 Å². The van der Waals surface area contributed by atoms with Crippen LogP contribution in [0.4, 0.5) is 0 Å². The summed E-state index contributed by atoms with van der Waals surface area (Å²) in [5.41, 5.74) is 3.89. The molecule has 2 aromatic rings. The van der Waals surface area contributed by atoms with Crippen molar-refractivity contribution in [2.45, 2.75) is 110 Å². The molecule has 6 atom stereocenters. The van der Waals surface area contributed by atoms with E-state index in [0.717, 1.165) is 81.5 Å². The Hall–Kier alpha value is -2.97. The average Bonchev–Trinajstić information content (AvgIpc) is 3.38. The molecule has 48 heavy (non-hydrogen) atoms. The molecule has 2 aromatic carbocycles. The molecule has 0 heterocycles. The topological polar surface area (TPSA) is 74.3 Å².